The molecule has 0 saturated heterocycles. The molecule has 144 valence electrons. The van der Waals surface area contributed by atoms with Gasteiger partial charge in [-0.1, -0.05) is 63.1 Å². The minimum atomic E-state index is 1.21. The number of hydrogen-bond donors (Lipinski definition) is 0. The second-order valence-corrected chi connectivity index (χ2v) is 9.73. The van der Waals surface area contributed by atoms with Crippen LogP contribution in [0.5, 0.6) is 0 Å². The Labute approximate surface area is 177 Å². The van der Waals surface area contributed by atoms with Crippen LogP contribution in [0.3, 0.4) is 0 Å². The van der Waals surface area contributed by atoms with Gasteiger partial charge >= 0.3 is 0 Å². The van der Waals surface area contributed by atoms with Crippen LogP contribution in [0.25, 0.3) is 32.3 Å². The van der Waals surface area contributed by atoms with Crippen LogP contribution in [0.4, 0.5) is 0 Å². The van der Waals surface area contributed by atoms with Gasteiger partial charge in [-0.3, -0.25) is 0 Å². The number of rotatable bonds is 8. The summed E-state index contributed by atoms with van der Waals surface area (Å²) in [5, 5.41) is 8.14. The number of fused-ring (bicyclic) bond motifs is 5. The largest absolute Gasteiger partial charge is 0.126 e. The summed E-state index contributed by atoms with van der Waals surface area (Å²) < 4.78 is 0. The van der Waals surface area contributed by atoms with Gasteiger partial charge in [-0.15, -0.1) is 23.5 Å². The average Bonchev–Trinajstić information content (AvgIpc) is 2.73. The van der Waals surface area contributed by atoms with E-state index in [2.05, 4.69) is 74.5 Å². The van der Waals surface area contributed by atoms with Crippen LogP contribution in [0.2, 0.25) is 0 Å². The fourth-order valence-electron chi connectivity index (χ4n) is 3.69. The topological polar surface area (TPSA) is 0 Å². The van der Waals surface area contributed by atoms with Crippen molar-refractivity contribution in [2.45, 2.75) is 49.3 Å². The first-order valence-electron chi connectivity index (χ1n) is 10.4. The van der Waals surface area contributed by atoms with Gasteiger partial charge in [-0.2, -0.15) is 0 Å². The Kier molecular flexibility index (Phi) is 6.49. The molecule has 0 heterocycles. The van der Waals surface area contributed by atoms with Crippen LogP contribution < -0.4 is 0 Å². The minimum absolute atomic E-state index is 1.21. The molecule has 0 saturated carbocycles. The fourth-order valence-corrected chi connectivity index (χ4v) is 5.78. The van der Waals surface area contributed by atoms with Gasteiger partial charge in [0.1, 0.15) is 0 Å². The fraction of sp³-hybridized carbons (Fsp3) is 0.308. The second-order valence-electron chi connectivity index (χ2n) is 7.40. The summed E-state index contributed by atoms with van der Waals surface area (Å²) in [5.74, 6) is 2.41. The van der Waals surface area contributed by atoms with E-state index in [-0.39, 0.29) is 0 Å². The monoisotopic (exact) mass is 404 g/mol. The van der Waals surface area contributed by atoms with Crippen LogP contribution in [-0.2, 0) is 0 Å². The van der Waals surface area contributed by atoms with Crippen molar-refractivity contribution >= 4 is 55.8 Å². The highest BCUT2D eigenvalue weighted by Crippen LogP contribution is 2.34. The van der Waals surface area contributed by atoms with E-state index in [1.807, 2.05) is 23.5 Å². The lowest BCUT2D eigenvalue weighted by Gasteiger charge is -2.10. The van der Waals surface area contributed by atoms with Crippen molar-refractivity contribution in [2.24, 2.45) is 0 Å². The Bertz CT molecular complexity index is 1010. The third kappa shape index (κ3) is 4.18. The van der Waals surface area contributed by atoms with Crippen molar-refractivity contribution in [1.29, 1.82) is 0 Å². The van der Waals surface area contributed by atoms with Gasteiger partial charge in [0, 0.05) is 9.79 Å². The highest BCUT2D eigenvalue weighted by atomic mass is 32.2. The molecule has 4 aromatic rings. The maximum Gasteiger partial charge on any atom is 0.00783 e. The highest BCUT2D eigenvalue weighted by Gasteiger charge is 2.07. The molecule has 0 atom stereocenters. The first-order valence-corrected chi connectivity index (χ1v) is 12.4. The minimum Gasteiger partial charge on any atom is -0.126 e. The Morgan fingerprint density at radius 3 is 1.39 bits per heavy atom. The Morgan fingerprint density at radius 2 is 0.964 bits per heavy atom. The molecule has 0 N–H and O–H groups in total. The first kappa shape index (κ1) is 19.7. The summed E-state index contributed by atoms with van der Waals surface area (Å²) in [6, 6.07) is 23.1. The Hall–Kier alpha value is -1.64. The second kappa shape index (κ2) is 9.24. The molecular formula is C26H28S2. The van der Waals surface area contributed by atoms with Crippen molar-refractivity contribution in [3.8, 4) is 0 Å². The standard InChI is InChI=1S/C26H28S2/c1-3-5-15-27-21-9-13-23-19(17-21)7-11-26-24-14-10-22(28-16-6-4-2)18-20(24)8-12-25(23)26/h7-14,17-18H,3-6,15-16H2,1-2H3. The van der Waals surface area contributed by atoms with Crippen molar-refractivity contribution in [2.75, 3.05) is 11.5 Å². The maximum atomic E-state index is 2.35. The molecule has 0 spiro atoms. The van der Waals surface area contributed by atoms with E-state index >= 15 is 0 Å². The molecule has 0 amide bonds. The molecule has 0 nitrogen and oxygen atoms in total. The lowest BCUT2D eigenvalue weighted by atomic mass is 9.97. The molecule has 0 unspecified atom stereocenters. The molecule has 4 rings (SSSR count). The maximum absolute atomic E-state index is 2.35. The predicted octanol–water partition coefficient (Wildman–Crippen LogP) is 8.93. The van der Waals surface area contributed by atoms with Crippen LogP contribution in [-0.4, -0.2) is 11.5 Å². The normalized spacial score (nSPS) is 11.6. The van der Waals surface area contributed by atoms with Crippen molar-refractivity contribution in [1.82, 2.24) is 0 Å². The average molecular weight is 405 g/mol. The molecule has 2 heteroatoms. The van der Waals surface area contributed by atoms with Gasteiger partial charge in [-0.25, -0.2) is 0 Å². The van der Waals surface area contributed by atoms with Crippen molar-refractivity contribution in [3.63, 3.8) is 0 Å². The summed E-state index contributed by atoms with van der Waals surface area (Å²) in [5.41, 5.74) is 0. The van der Waals surface area contributed by atoms with Crippen LogP contribution in [0.15, 0.2) is 70.5 Å². The molecule has 0 aliphatic rings. The van der Waals surface area contributed by atoms with Crippen LogP contribution in [0.1, 0.15) is 39.5 Å². The van der Waals surface area contributed by atoms with Gasteiger partial charge in [0.15, 0.2) is 0 Å². The van der Waals surface area contributed by atoms with E-state index < -0.39 is 0 Å². The van der Waals surface area contributed by atoms with E-state index in [4.69, 9.17) is 0 Å². The molecule has 0 aromatic heterocycles. The van der Waals surface area contributed by atoms with Crippen molar-refractivity contribution < 1.29 is 0 Å². The van der Waals surface area contributed by atoms with Crippen LogP contribution >= 0.6 is 23.5 Å². The van der Waals surface area contributed by atoms with Gasteiger partial charge in [0.2, 0.25) is 0 Å². The van der Waals surface area contributed by atoms with Gasteiger partial charge < -0.3 is 0 Å². The summed E-state index contributed by atoms with van der Waals surface area (Å²) in [7, 11) is 0. The molecular weight excluding hydrogens is 376 g/mol. The van der Waals surface area contributed by atoms with E-state index in [0.717, 1.165) is 0 Å². The molecule has 28 heavy (non-hydrogen) atoms. The molecule has 0 aliphatic heterocycles. The summed E-state index contributed by atoms with van der Waals surface area (Å²) in [6.07, 6.45) is 5.09. The van der Waals surface area contributed by atoms with E-state index in [1.54, 1.807) is 0 Å². The summed E-state index contributed by atoms with van der Waals surface area (Å²) in [6.45, 7) is 4.51. The number of thioether (sulfide) groups is 2. The smallest absolute Gasteiger partial charge is 0.00783 e. The molecule has 0 radical (unpaired) electrons. The van der Waals surface area contributed by atoms with Gasteiger partial charge in [0.25, 0.3) is 0 Å². The molecule has 0 aliphatic carbocycles. The van der Waals surface area contributed by atoms with Gasteiger partial charge in [-0.05, 0) is 80.9 Å². The molecule has 0 bridgehead atoms. The molecule has 4 aromatic carbocycles. The Morgan fingerprint density at radius 1 is 0.536 bits per heavy atom. The third-order valence-corrected chi connectivity index (χ3v) is 7.47. The number of benzene rings is 4. The highest BCUT2D eigenvalue weighted by molar-refractivity contribution is 7.99. The van der Waals surface area contributed by atoms with E-state index in [9.17, 15) is 0 Å². The zero-order valence-electron chi connectivity index (χ0n) is 16.8. The van der Waals surface area contributed by atoms with E-state index in [1.165, 1.54) is 79.3 Å². The summed E-state index contributed by atoms with van der Waals surface area (Å²) in [4.78, 5) is 2.77. The predicted molar refractivity (Wildman–Crippen MR) is 130 cm³/mol. The number of hydrogen-bond acceptors (Lipinski definition) is 2. The molecule has 0 fully saturated rings. The lowest BCUT2D eigenvalue weighted by molar-refractivity contribution is 0.896. The van der Waals surface area contributed by atoms with Crippen molar-refractivity contribution in [3.05, 3.63) is 60.7 Å². The third-order valence-electron chi connectivity index (χ3n) is 5.31. The van der Waals surface area contributed by atoms with Crippen LogP contribution in [0, 0.1) is 0 Å². The first-order chi connectivity index (χ1) is 13.8. The zero-order chi connectivity index (χ0) is 19.3. The summed E-state index contributed by atoms with van der Waals surface area (Å²) >= 11 is 3.95. The number of unbranched alkanes of at least 4 members (excludes halogenated alkanes) is 2. The SMILES string of the molecule is CCCCSc1ccc2c(ccc3c4ccc(SCCCC)cc4ccc23)c1. The Balaban J connectivity index is 1.71. The van der Waals surface area contributed by atoms with Gasteiger partial charge in [0.05, 0.1) is 0 Å². The van der Waals surface area contributed by atoms with E-state index in [0.29, 0.717) is 0 Å². The lowest BCUT2D eigenvalue weighted by Crippen LogP contribution is -1.84. The quantitative estimate of drug-likeness (QED) is 0.163. The zero-order valence-corrected chi connectivity index (χ0v) is 18.5.